The van der Waals surface area contributed by atoms with Gasteiger partial charge in [0.05, 0.1) is 23.9 Å². The lowest BCUT2D eigenvalue weighted by atomic mass is 10.0. The van der Waals surface area contributed by atoms with E-state index in [-0.39, 0.29) is 11.3 Å². The van der Waals surface area contributed by atoms with E-state index in [0.29, 0.717) is 12.3 Å². The molecule has 4 nitrogen and oxygen atoms in total. The van der Waals surface area contributed by atoms with Gasteiger partial charge in [0.1, 0.15) is 0 Å². The molecule has 0 saturated heterocycles. The summed E-state index contributed by atoms with van der Waals surface area (Å²) in [5.74, 6) is -2.72. The van der Waals surface area contributed by atoms with Gasteiger partial charge in [-0.1, -0.05) is 6.07 Å². The van der Waals surface area contributed by atoms with Crippen LogP contribution in [0.3, 0.4) is 0 Å². The summed E-state index contributed by atoms with van der Waals surface area (Å²) >= 11 is 0. The van der Waals surface area contributed by atoms with E-state index in [2.05, 4.69) is 4.98 Å². The number of ether oxygens (including phenoxy) is 1. The van der Waals surface area contributed by atoms with Crippen LogP contribution in [-0.2, 0) is 6.18 Å². The van der Waals surface area contributed by atoms with Crippen molar-refractivity contribution in [2.24, 2.45) is 0 Å². The number of aromatic carboxylic acids is 1. The second-order valence-electron chi connectivity index (χ2n) is 4.24. The third-order valence-corrected chi connectivity index (χ3v) is 2.88. The summed E-state index contributed by atoms with van der Waals surface area (Å²) < 4.78 is 56.8. The summed E-state index contributed by atoms with van der Waals surface area (Å²) in [5, 5.41) is 9.07. The van der Waals surface area contributed by atoms with Gasteiger partial charge in [-0.3, -0.25) is 4.98 Å². The summed E-state index contributed by atoms with van der Waals surface area (Å²) in [7, 11) is 1.21. The number of benzene rings is 1. The van der Waals surface area contributed by atoms with Crippen LogP contribution in [0.15, 0.2) is 30.5 Å². The number of alkyl halides is 3. The Labute approximate surface area is 122 Å². The van der Waals surface area contributed by atoms with Gasteiger partial charge in [-0.15, -0.1) is 0 Å². The van der Waals surface area contributed by atoms with E-state index in [1.54, 1.807) is 0 Å². The molecule has 1 aromatic heterocycles. The first kappa shape index (κ1) is 15.7. The van der Waals surface area contributed by atoms with Crippen molar-refractivity contribution in [3.05, 3.63) is 47.4 Å². The molecule has 1 N–H and O–H groups in total. The molecule has 0 aliphatic carbocycles. The fraction of sp³-hybridized carbons (Fsp3) is 0.143. The molecule has 0 saturated carbocycles. The number of pyridine rings is 1. The average Bonchev–Trinajstić information content (AvgIpc) is 2.46. The zero-order chi connectivity index (χ0) is 16.5. The van der Waals surface area contributed by atoms with Gasteiger partial charge >= 0.3 is 12.1 Å². The molecular weight excluding hydrogens is 306 g/mol. The largest absolute Gasteiger partial charge is 0.494 e. The van der Waals surface area contributed by atoms with Crippen LogP contribution < -0.4 is 4.74 Å². The van der Waals surface area contributed by atoms with Crippen LogP contribution in [-0.4, -0.2) is 23.2 Å². The fourth-order valence-electron chi connectivity index (χ4n) is 1.85. The van der Waals surface area contributed by atoms with E-state index in [9.17, 15) is 22.4 Å². The highest BCUT2D eigenvalue weighted by Gasteiger charge is 2.33. The number of nitrogens with zero attached hydrogens (tertiary/aromatic N) is 1. The molecule has 0 radical (unpaired) electrons. The van der Waals surface area contributed by atoms with Gasteiger partial charge in [0.15, 0.2) is 11.6 Å². The third-order valence-electron chi connectivity index (χ3n) is 2.88. The van der Waals surface area contributed by atoms with Gasteiger partial charge in [-0.05, 0) is 18.2 Å². The number of carboxylic acids is 1. The van der Waals surface area contributed by atoms with Crippen LogP contribution in [0.4, 0.5) is 17.6 Å². The highest BCUT2D eigenvalue weighted by Crippen LogP contribution is 2.34. The molecule has 0 atom stereocenters. The first-order chi connectivity index (χ1) is 10.3. The first-order valence-corrected chi connectivity index (χ1v) is 5.89. The van der Waals surface area contributed by atoms with Crippen molar-refractivity contribution in [3.63, 3.8) is 0 Å². The van der Waals surface area contributed by atoms with E-state index < -0.39 is 34.8 Å². The number of aromatic nitrogens is 1. The molecule has 8 heteroatoms. The smallest absolute Gasteiger partial charge is 0.417 e. The van der Waals surface area contributed by atoms with Crippen LogP contribution in [0.5, 0.6) is 5.75 Å². The minimum Gasteiger partial charge on any atom is -0.494 e. The van der Waals surface area contributed by atoms with Crippen LogP contribution >= 0.6 is 0 Å². The van der Waals surface area contributed by atoms with E-state index in [4.69, 9.17) is 9.84 Å². The Kier molecular flexibility index (Phi) is 4.03. The molecule has 0 aliphatic rings. The molecule has 1 aromatic carbocycles. The predicted molar refractivity (Wildman–Crippen MR) is 68.1 cm³/mol. The topological polar surface area (TPSA) is 59.4 Å². The first-order valence-electron chi connectivity index (χ1n) is 5.89. The Bertz CT molecular complexity index is 729. The quantitative estimate of drug-likeness (QED) is 0.879. The van der Waals surface area contributed by atoms with Gasteiger partial charge < -0.3 is 9.84 Å². The summed E-state index contributed by atoms with van der Waals surface area (Å²) in [5.41, 5.74) is -2.64. The molecule has 1 heterocycles. The maximum absolute atomic E-state index is 14.2. The maximum Gasteiger partial charge on any atom is 0.417 e. The summed E-state index contributed by atoms with van der Waals surface area (Å²) in [6, 6.07) is 4.30. The van der Waals surface area contributed by atoms with Crippen LogP contribution in [0.1, 0.15) is 15.9 Å². The van der Waals surface area contributed by atoms with Gasteiger partial charge in [0.2, 0.25) is 0 Å². The normalized spacial score (nSPS) is 11.3. The Morgan fingerprint density at radius 3 is 2.55 bits per heavy atom. The highest BCUT2D eigenvalue weighted by atomic mass is 19.4. The summed E-state index contributed by atoms with van der Waals surface area (Å²) in [4.78, 5) is 14.7. The number of halogens is 4. The lowest BCUT2D eigenvalue weighted by Gasteiger charge is -2.12. The number of carbonyl (C=O) groups is 1. The molecule has 0 amide bonds. The zero-order valence-corrected chi connectivity index (χ0v) is 11.1. The minimum absolute atomic E-state index is 0.171. The Hall–Kier alpha value is -2.64. The Morgan fingerprint density at radius 2 is 2.00 bits per heavy atom. The zero-order valence-electron chi connectivity index (χ0n) is 11.1. The summed E-state index contributed by atoms with van der Waals surface area (Å²) in [6.45, 7) is 0. The lowest BCUT2D eigenvalue weighted by molar-refractivity contribution is -0.137. The molecule has 2 aromatic rings. The van der Waals surface area contributed by atoms with Gasteiger partial charge in [-0.2, -0.15) is 13.2 Å². The minimum atomic E-state index is -4.75. The van der Waals surface area contributed by atoms with E-state index in [1.165, 1.54) is 25.3 Å². The van der Waals surface area contributed by atoms with Crippen LogP contribution in [0, 0.1) is 5.82 Å². The van der Waals surface area contributed by atoms with Crippen molar-refractivity contribution in [3.8, 4) is 17.0 Å². The SMILES string of the molecule is COc1cccc(-c2ncc(C(F)(F)F)cc2C(=O)O)c1F. The van der Waals surface area contributed by atoms with E-state index in [0.717, 1.165) is 0 Å². The summed E-state index contributed by atoms with van der Waals surface area (Å²) in [6.07, 6.45) is -4.29. The molecule has 0 spiro atoms. The number of rotatable bonds is 3. The molecular formula is C14H9F4NO3. The Morgan fingerprint density at radius 1 is 1.32 bits per heavy atom. The molecule has 0 unspecified atom stereocenters. The van der Waals surface area contributed by atoms with Crippen LogP contribution in [0.2, 0.25) is 0 Å². The van der Waals surface area contributed by atoms with Crippen LogP contribution in [0.25, 0.3) is 11.3 Å². The van der Waals surface area contributed by atoms with Crippen molar-refractivity contribution >= 4 is 5.97 Å². The highest BCUT2D eigenvalue weighted by molar-refractivity contribution is 5.95. The lowest BCUT2D eigenvalue weighted by Crippen LogP contribution is -2.10. The van der Waals surface area contributed by atoms with Crippen molar-refractivity contribution in [1.82, 2.24) is 4.98 Å². The van der Waals surface area contributed by atoms with Gasteiger partial charge in [0.25, 0.3) is 0 Å². The number of carboxylic acid groups (broad SMARTS) is 1. The van der Waals surface area contributed by atoms with Crippen molar-refractivity contribution < 1.29 is 32.2 Å². The number of hydrogen-bond acceptors (Lipinski definition) is 3. The maximum atomic E-state index is 14.2. The molecule has 22 heavy (non-hydrogen) atoms. The standard InChI is InChI=1S/C14H9F4NO3/c1-22-10-4-2-3-8(11(10)15)12-9(13(20)21)5-7(6-19-12)14(16,17)18/h2-6H,1H3,(H,20,21). The Balaban J connectivity index is 2.69. The molecule has 0 aliphatic heterocycles. The van der Waals surface area contributed by atoms with Gasteiger partial charge in [-0.25, -0.2) is 9.18 Å². The van der Waals surface area contributed by atoms with Gasteiger partial charge in [0, 0.05) is 11.8 Å². The molecule has 2 rings (SSSR count). The van der Waals surface area contributed by atoms with Crippen molar-refractivity contribution in [2.75, 3.05) is 7.11 Å². The number of hydrogen-bond donors (Lipinski definition) is 1. The molecule has 0 bridgehead atoms. The monoisotopic (exact) mass is 315 g/mol. The molecule has 116 valence electrons. The fourth-order valence-corrected chi connectivity index (χ4v) is 1.85. The second kappa shape index (κ2) is 5.63. The second-order valence-corrected chi connectivity index (χ2v) is 4.24. The van der Waals surface area contributed by atoms with Crippen molar-refractivity contribution in [1.29, 1.82) is 0 Å². The third kappa shape index (κ3) is 2.85. The van der Waals surface area contributed by atoms with E-state index >= 15 is 0 Å². The van der Waals surface area contributed by atoms with Crippen molar-refractivity contribution in [2.45, 2.75) is 6.18 Å². The number of methoxy groups -OCH3 is 1. The molecule has 0 fully saturated rings. The average molecular weight is 315 g/mol. The predicted octanol–water partition coefficient (Wildman–Crippen LogP) is 3.61. The van der Waals surface area contributed by atoms with E-state index in [1.807, 2.05) is 0 Å².